The van der Waals surface area contributed by atoms with E-state index in [0.29, 0.717) is 32.4 Å². The molecule has 6 nitrogen and oxygen atoms in total. The lowest BCUT2D eigenvalue weighted by Gasteiger charge is -2.36. The van der Waals surface area contributed by atoms with Gasteiger partial charge in [-0.05, 0) is 50.5 Å². The van der Waals surface area contributed by atoms with E-state index in [-0.39, 0.29) is 18.6 Å². The number of benzene rings is 1. The summed E-state index contributed by atoms with van der Waals surface area (Å²) in [4.78, 5) is 24.7. The molecule has 27 heavy (non-hydrogen) atoms. The van der Waals surface area contributed by atoms with Crippen LogP contribution in [-0.4, -0.2) is 58.9 Å². The van der Waals surface area contributed by atoms with Crippen LogP contribution in [0.2, 0.25) is 0 Å². The number of piperidine rings is 1. The Labute approximate surface area is 161 Å². The molecular weight excluding hydrogens is 346 g/mol. The third-order valence-corrected chi connectivity index (χ3v) is 5.00. The quantitative estimate of drug-likeness (QED) is 0.547. The smallest absolute Gasteiger partial charge is 0.329 e. The number of likely N-dealkylation sites (tertiary alicyclic amines) is 1. The van der Waals surface area contributed by atoms with Crippen LogP contribution < -0.4 is 0 Å². The highest BCUT2D eigenvalue weighted by Crippen LogP contribution is 2.23. The average molecular weight is 377 g/mol. The number of hydrogen-bond acceptors (Lipinski definition) is 4. The summed E-state index contributed by atoms with van der Waals surface area (Å²) in [5.74, 6) is -0.773. The minimum atomic E-state index is -0.963. The fraction of sp³-hybridized carbons (Fsp3) is 0.619. The monoisotopic (exact) mass is 377 g/mol. The largest absolute Gasteiger partial charge is 0.480 e. The normalized spacial score (nSPS) is 18.5. The van der Waals surface area contributed by atoms with Gasteiger partial charge in [-0.15, -0.1) is 0 Å². The lowest BCUT2D eigenvalue weighted by Crippen LogP contribution is -2.44. The van der Waals surface area contributed by atoms with Crippen LogP contribution >= 0.6 is 0 Å². The summed E-state index contributed by atoms with van der Waals surface area (Å²) in [6.45, 7) is 0.800. The second kappa shape index (κ2) is 11.7. The number of carboxylic acid groups (broad SMARTS) is 1. The molecule has 0 spiro atoms. The standard InChI is InChI=1S/C21H31NO5/c23-19(15-17-7-2-1-3-8-17)12-11-18-9-6-10-20(24)22(18)13-4-5-14-27-16-21(25)26/h1-3,7-8,18-19,23H,4-6,9-16H2,(H,25,26)/t18?,19-/m1/s1. The molecule has 0 bridgehead atoms. The first-order valence-electron chi connectivity index (χ1n) is 9.87. The molecule has 0 aliphatic carbocycles. The van der Waals surface area contributed by atoms with E-state index in [0.717, 1.165) is 37.7 Å². The van der Waals surface area contributed by atoms with Gasteiger partial charge in [0.05, 0.1) is 6.10 Å². The lowest BCUT2D eigenvalue weighted by molar-refractivity contribution is -0.142. The summed E-state index contributed by atoms with van der Waals surface area (Å²) in [6.07, 6.45) is 5.78. The van der Waals surface area contributed by atoms with Gasteiger partial charge in [0.15, 0.2) is 0 Å². The third kappa shape index (κ3) is 8.10. The molecule has 1 amide bonds. The van der Waals surface area contributed by atoms with Crippen molar-refractivity contribution in [3.8, 4) is 0 Å². The number of unbranched alkanes of at least 4 members (excludes halogenated alkanes) is 1. The molecule has 1 aliphatic rings. The predicted molar refractivity (Wildman–Crippen MR) is 102 cm³/mol. The SMILES string of the molecule is O=C(O)COCCCCN1C(=O)CCCC1CC[C@@H](O)Cc1ccccc1. The maximum absolute atomic E-state index is 12.3. The van der Waals surface area contributed by atoms with Crippen molar-refractivity contribution in [2.24, 2.45) is 0 Å². The van der Waals surface area contributed by atoms with Crippen LogP contribution in [0.25, 0.3) is 0 Å². The molecule has 0 saturated carbocycles. The van der Waals surface area contributed by atoms with Crippen LogP contribution in [-0.2, 0) is 20.7 Å². The Hall–Kier alpha value is -1.92. The number of hydrogen-bond donors (Lipinski definition) is 2. The summed E-state index contributed by atoms with van der Waals surface area (Å²) in [6, 6.07) is 10.1. The Morgan fingerprint density at radius 3 is 2.78 bits per heavy atom. The molecule has 0 aromatic heterocycles. The van der Waals surface area contributed by atoms with Gasteiger partial charge in [0.2, 0.25) is 5.91 Å². The van der Waals surface area contributed by atoms with Crippen molar-refractivity contribution in [2.45, 2.75) is 63.5 Å². The van der Waals surface area contributed by atoms with Crippen LogP contribution in [0, 0.1) is 0 Å². The Morgan fingerprint density at radius 1 is 1.26 bits per heavy atom. The fourth-order valence-corrected chi connectivity index (χ4v) is 3.62. The molecule has 0 radical (unpaired) electrons. The van der Waals surface area contributed by atoms with E-state index in [1.807, 2.05) is 35.2 Å². The summed E-state index contributed by atoms with van der Waals surface area (Å²) >= 11 is 0. The van der Waals surface area contributed by atoms with Crippen LogP contribution in [0.3, 0.4) is 0 Å². The number of aliphatic carboxylic acids is 1. The number of amides is 1. The summed E-state index contributed by atoms with van der Waals surface area (Å²) in [5, 5.41) is 18.9. The van der Waals surface area contributed by atoms with Crippen molar-refractivity contribution >= 4 is 11.9 Å². The molecule has 2 N–H and O–H groups in total. The van der Waals surface area contributed by atoms with Gasteiger partial charge in [-0.25, -0.2) is 4.79 Å². The second-order valence-corrected chi connectivity index (χ2v) is 7.21. The number of aliphatic hydroxyl groups excluding tert-OH is 1. The number of carbonyl (C=O) groups excluding carboxylic acids is 1. The number of carboxylic acids is 1. The molecule has 150 valence electrons. The first-order chi connectivity index (χ1) is 13.1. The van der Waals surface area contributed by atoms with Crippen LogP contribution in [0.4, 0.5) is 0 Å². The zero-order chi connectivity index (χ0) is 19.5. The van der Waals surface area contributed by atoms with Gasteiger partial charge in [-0.2, -0.15) is 0 Å². The summed E-state index contributed by atoms with van der Waals surface area (Å²) in [5.41, 5.74) is 1.13. The molecule has 1 saturated heterocycles. The molecule has 2 rings (SSSR count). The second-order valence-electron chi connectivity index (χ2n) is 7.21. The fourth-order valence-electron chi connectivity index (χ4n) is 3.62. The average Bonchev–Trinajstić information content (AvgIpc) is 2.65. The third-order valence-electron chi connectivity index (χ3n) is 5.00. The Morgan fingerprint density at radius 2 is 2.04 bits per heavy atom. The molecule has 1 heterocycles. The predicted octanol–water partition coefficient (Wildman–Crippen LogP) is 2.63. The molecule has 1 aromatic rings. The first-order valence-corrected chi connectivity index (χ1v) is 9.87. The highest BCUT2D eigenvalue weighted by molar-refractivity contribution is 5.77. The Bertz CT molecular complexity index is 577. The lowest BCUT2D eigenvalue weighted by atomic mass is 9.94. The number of ether oxygens (including phenoxy) is 1. The number of aliphatic hydroxyl groups is 1. The summed E-state index contributed by atoms with van der Waals surface area (Å²) in [7, 11) is 0. The van der Waals surface area contributed by atoms with Crippen LogP contribution in [0.5, 0.6) is 0 Å². The number of carbonyl (C=O) groups is 2. The van der Waals surface area contributed by atoms with E-state index in [1.54, 1.807) is 0 Å². The van der Waals surface area contributed by atoms with Crippen molar-refractivity contribution in [1.29, 1.82) is 0 Å². The van der Waals surface area contributed by atoms with E-state index >= 15 is 0 Å². The number of rotatable bonds is 12. The van der Waals surface area contributed by atoms with Gasteiger partial charge in [0.25, 0.3) is 0 Å². The molecule has 1 aliphatic heterocycles. The maximum atomic E-state index is 12.3. The van der Waals surface area contributed by atoms with Gasteiger partial charge in [-0.1, -0.05) is 30.3 Å². The first kappa shape index (κ1) is 21.4. The zero-order valence-electron chi connectivity index (χ0n) is 15.9. The van der Waals surface area contributed by atoms with Gasteiger partial charge in [-0.3, -0.25) is 4.79 Å². The van der Waals surface area contributed by atoms with Crippen molar-refractivity contribution in [1.82, 2.24) is 4.90 Å². The minimum absolute atomic E-state index is 0.190. The maximum Gasteiger partial charge on any atom is 0.329 e. The van der Waals surface area contributed by atoms with E-state index < -0.39 is 12.1 Å². The molecule has 1 fully saturated rings. The van der Waals surface area contributed by atoms with Crippen molar-refractivity contribution in [3.05, 3.63) is 35.9 Å². The van der Waals surface area contributed by atoms with E-state index in [4.69, 9.17) is 9.84 Å². The highest BCUT2D eigenvalue weighted by Gasteiger charge is 2.27. The Kier molecular flexibility index (Phi) is 9.28. The molecule has 1 aromatic carbocycles. The highest BCUT2D eigenvalue weighted by atomic mass is 16.5. The van der Waals surface area contributed by atoms with Crippen molar-refractivity contribution < 1.29 is 24.5 Å². The van der Waals surface area contributed by atoms with Crippen LogP contribution in [0.1, 0.15) is 50.5 Å². The summed E-state index contributed by atoms with van der Waals surface area (Å²) < 4.78 is 5.04. The van der Waals surface area contributed by atoms with Gasteiger partial charge < -0.3 is 19.8 Å². The van der Waals surface area contributed by atoms with Gasteiger partial charge in [0.1, 0.15) is 6.61 Å². The number of nitrogens with zero attached hydrogens (tertiary/aromatic N) is 1. The van der Waals surface area contributed by atoms with Crippen molar-refractivity contribution in [3.63, 3.8) is 0 Å². The Balaban J connectivity index is 1.72. The molecular formula is C21H31NO5. The topological polar surface area (TPSA) is 87.1 Å². The van der Waals surface area contributed by atoms with Gasteiger partial charge in [0, 0.05) is 25.6 Å². The molecule has 2 atom stereocenters. The van der Waals surface area contributed by atoms with Crippen molar-refractivity contribution in [2.75, 3.05) is 19.8 Å². The van der Waals surface area contributed by atoms with E-state index in [9.17, 15) is 14.7 Å². The van der Waals surface area contributed by atoms with E-state index in [1.165, 1.54) is 0 Å². The van der Waals surface area contributed by atoms with Crippen LogP contribution in [0.15, 0.2) is 30.3 Å². The van der Waals surface area contributed by atoms with Gasteiger partial charge >= 0.3 is 5.97 Å². The zero-order valence-corrected chi connectivity index (χ0v) is 15.9. The minimum Gasteiger partial charge on any atom is -0.480 e. The molecule has 1 unspecified atom stereocenters. The molecule has 6 heteroatoms. The van der Waals surface area contributed by atoms with E-state index in [2.05, 4.69) is 0 Å².